The Hall–Kier alpha value is -1.57. The average Bonchev–Trinajstić information content (AvgIpc) is 3.01. The van der Waals surface area contributed by atoms with Crippen molar-refractivity contribution in [1.82, 2.24) is 9.78 Å². The fourth-order valence-electron chi connectivity index (χ4n) is 2.42. The summed E-state index contributed by atoms with van der Waals surface area (Å²) in [5, 5.41) is 4.01. The zero-order chi connectivity index (χ0) is 16.8. The number of aromatic nitrogens is 2. The Bertz CT molecular complexity index is 890. The Morgan fingerprint density at radius 3 is 2.78 bits per heavy atom. The Labute approximate surface area is 143 Å². The molecule has 0 amide bonds. The predicted molar refractivity (Wildman–Crippen MR) is 87.6 cm³/mol. The number of benzene rings is 1. The zero-order valence-corrected chi connectivity index (χ0v) is 14.4. The molecule has 0 radical (unpaired) electrons. The normalized spacial score (nSPS) is 16.4. The third-order valence-corrected chi connectivity index (χ3v) is 5.58. The fraction of sp³-hybridized carbons (Fsp3) is 0.286. The number of alkyl halides is 2. The summed E-state index contributed by atoms with van der Waals surface area (Å²) in [4.78, 5) is 12.0. The first-order valence-electron chi connectivity index (χ1n) is 6.84. The molecule has 9 heteroatoms. The van der Waals surface area contributed by atoms with Gasteiger partial charge >= 0.3 is 0 Å². The standard InChI is InChI=1S/C14H13Cl2N3O3S/c1-2-19-8-10(7-17-19)18-23(21,22)11-3-4-12-9(5-11)6-14(15,16)13(12)20/h3-5,7-8,18H,2,6H2,1H3. The van der Waals surface area contributed by atoms with Crippen LogP contribution in [0.25, 0.3) is 0 Å². The zero-order valence-electron chi connectivity index (χ0n) is 12.1. The van der Waals surface area contributed by atoms with E-state index in [1.54, 1.807) is 10.9 Å². The van der Waals surface area contributed by atoms with Crippen molar-refractivity contribution in [2.45, 2.75) is 29.1 Å². The highest BCUT2D eigenvalue weighted by Crippen LogP contribution is 2.39. The van der Waals surface area contributed by atoms with Crippen molar-refractivity contribution < 1.29 is 13.2 Å². The van der Waals surface area contributed by atoms with Crippen molar-refractivity contribution in [2.24, 2.45) is 0 Å². The molecule has 1 heterocycles. The van der Waals surface area contributed by atoms with Gasteiger partial charge in [0.25, 0.3) is 10.0 Å². The first-order chi connectivity index (χ1) is 10.7. The van der Waals surface area contributed by atoms with Gasteiger partial charge < -0.3 is 0 Å². The molecule has 1 N–H and O–H groups in total. The van der Waals surface area contributed by atoms with Crippen molar-refractivity contribution in [2.75, 3.05) is 4.72 Å². The Balaban J connectivity index is 1.92. The number of hydrogen-bond acceptors (Lipinski definition) is 4. The van der Waals surface area contributed by atoms with Crippen molar-refractivity contribution >= 4 is 44.7 Å². The Morgan fingerprint density at radius 2 is 2.13 bits per heavy atom. The van der Waals surface area contributed by atoms with E-state index in [2.05, 4.69) is 9.82 Å². The second kappa shape index (κ2) is 5.51. The highest BCUT2D eigenvalue weighted by Gasteiger charge is 2.42. The van der Waals surface area contributed by atoms with Crippen molar-refractivity contribution in [1.29, 1.82) is 0 Å². The number of nitrogens with one attached hydrogen (secondary N) is 1. The topological polar surface area (TPSA) is 81.1 Å². The molecular formula is C14H13Cl2N3O3S. The van der Waals surface area contributed by atoms with Gasteiger partial charge in [0.1, 0.15) is 0 Å². The van der Waals surface area contributed by atoms with Gasteiger partial charge in [-0.05, 0) is 30.7 Å². The maximum atomic E-state index is 12.4. The number of fused-ring (bicyclic) bond motifs is 1. The number of rotatable bonds is 4. The van der Waals surface area contributed by atoms with E-state index in [1.807, 2.05) is 6.92 Å². The SMILES string of the molecule is CCn1cc(NS(=O)(=O)c2ccc3c(c2)CC(Cl)(Cl)C3=O)cn1. The number of carbonyl (C=O) groups excluding carboxylic acids is 1. The van der Waals surface area contributed by atoms with Gasteiger partial charge in [0.15, 0.2) is 10.1 Å². The molecule has 3 rings (SSSR count). The maximum absolute atomic E-state index is 12.4. The van der Waals surface area contributed by atoms with E-state index in [4.69, 9.17) is 23.2 Å². The summed E-state index contributed by atoms with van der Waals surface area (Å²) in [5.41, 5.74) is 1.24. The molecule has 23 heavy (non-hydrogen) atoms. The van der Waals surface area contributed by atoms with Gasteiger partial charge in [0.2, 0.25) is 0 Å². The predicted octanol–water partition coefficient (Wildman–Crippen LogP) is 2.62. The Kier molecular flexibility index (Phi) is 3.90. The van der Waals surface area contributed by atoms with Crippen LogP contribution in [0.15, 0.2) is 35.5 Å². The summed E-state index contributed by atoms with van der Waals surface area (Å²) < 4.78 is 27.4. The average molecular weight is 374 g/mol. The number of anilines is 1. The van der Waals surface area contributed by atoms with Crippen LogP contribution in [0, 0.1) is 0 Å². The van der Waals surface area contributed by atoms with Crippen LogP contribution in [0.3, 0.4) is 0 Å². The molecule has 2 aromatic rings. The lowest BCUT2D eigenvalue weighted by Crippen LogP contribution is -2.20. The van der Waals surface area contributed by atoms with Crippen LogP contribution in [0.5, 0.6) is 0 Å². The van der Waals surface area contributed by atoms with Crippen LogP contribution in [-0.2, 0) is 23.0 Å². The summed E-state index contributed by atoms with van der Waals surface area (Å²) in [5.74, 6) is -0.406. The van der Waals surface area contributed by atoms with E-state index < -0.39 is 20.1 Å². The molecule has 122 valence electrons. The monoisotopic (exact) mass is 373 g/mol. The molecule has 0 bridgehead atoms. The van der Waals surface area contributed by atoms with E-state index in [0.29, 0.717) is 23.4 Å². The lowest BCUT2D eigenvalue weighted by molar-refractivity contribution is 0.0985. The molecular weight excluding hydrogens is 361 g/mol. The van der Waals surface area contributed by atoms with E-state index in [-0.39, 0.29) is 11.3 Å². The number of hydrogen-bond donors (Lipinski definition) is 1. The molecule has 1 aromatic heterocycles. The van der Waals surface area contributed by atoms with E-state index >= 15 is 0 Å². The van der Waals surface area contributed by atoms with Gasteiger partial charge in [-0.1, -0.05) is 23.2 Å². The molecule has 0 saturated carbocycles. The lowest BCUT2D eigenvalue weighted by atomic mass is 10.1. The van der Waals surface area contributed by atoms with Crippen LogP contribution in [-0.4, -0.2) is 28.3 Å². The quantitative estimate of drug-likeness (QED) is 0.835. The number of aryl methyl sites for hydroxylation is 1. The van der Waals surface area contributed by atoms with Crippen LogP contribution in [0.2, 0.25) is 0 Å². The summed E-state index contributed by atoms with van der Waals surface area (Å²) in [7, 11) is -3.79. The molecule has 0 aliphatic heterocycles. The number of Topliss-reactive ketones (excluding diaryl/α,β-unsaturated/α-hetero) is 1. The number of halogens is 2. The minimum atomic E-state index is -3.79. The van der Waals surface area contributed by atoms with Gasteiger partial charge in [-0.15, -0.1) is 0 Å². The number of nitrogens with zero attached hydrogens (tertiary/aromatic N) is 2. The van der Waals surface area contributed by atoms with Crippen molar-refractivity contribution in [3.63, 3.8) is 0 Å². The number of sulfonamides is 1. The van der Waals surface area contributed by atoms with Gasteiger partial charge in [-0.25, -0.2) is 8.42 Å². The lowest BCUT2D eigenvalue weighted by Gasteiger charge is -2.07. The van der Waals surface area contributed by atoms with Crippen LogP contribution in [0.4, 0.5) is 5.69 Å². The summed E-state index contributed by atoms with van der Waals surface area (Å²) in [6, 6.07) is 4.22. The van der Waals surface area contributed by atoms with Crippen molar-refractivity contribution in [3.05, 3.63) is 41.7 Å². The van der Waals surface area contributed by atoms with E-state index in [1.165, 1.54) is 24.4 Å². The summed E-state index contributed by atoms with van der Waals surface area (Å²) in [6.45, 7) is 2.53. The third-order valence-electron chi connectivity index (χ3n) is 3.59. The molecule has 1 aliphatic carbocycles. The smallest absolute Gasteiger partial charge is 0.262 e. The van der Waals surface area contributed by atoms with Crippen LogP contribution < -0.4 is 4.72 Å². The van der Waals surface area contributed by atoms with Crippen molar-refractivity contribution in [3.8, 4) is 0 Å². The molecule has 1 aromatic carbocycles. The molecule has 0 atom stereocenters. The molecule has 0 unspecified atom stereocenters. The second-order valence-corrected chi connectivity index (χ2v) is 8.39. The molecule has 0 fully saturated rings. The maximum Gasteiger partial charge on any atom is 0.262 e. The highest BCUT2D eigenvalue weighted by molar-refractivity contribution is 7.92. The number of carbonyl (C=O) groups is 1. The molecule has 0 spiro atoms. The second-order valence-electron chi connectivity index (χ2n) is 5.22. The van der Waals surface area contributed by atoms with E-state index in [9.17, 15) is 13.2 Å². The first kappa shape index (κ1) is 16.3. The van der Waals surface area contributed by atoms with E-state index in [0.717, 1.165) is 0 Å². The van der Waals surface area contributed by atoms with Crippen LogP contribution in [0.1, 0.15) is 22.8 Å². The van der Waals surface area contributed by atoms with Gasteiger partial charge in [0, 0.05) is 24.7 Å². The van der Waals surface area contributed by atoms with Gasteiger partial charge in [-0.2, -0.15) is 5.10 Å². The third kappa shape index (κ3) is 2.96. The van der Waals surface area contributed by atoms with Crippen LogP contribution >= 0.6 is 23.2 Å². The van der Waals surface area contributed by atoms with Gasteiger partial charge in [-0.3, -0.25) is 14.2 Å². The molecule has 6 nitrogen and oxygen atoms in total. The summed E-state index contributed by atoms with van der Waals surface area (Å²) in [6.07, 6.45) is 3.11. The largest absolute Gasteiger partial charge is 0.291 e. The molecule has 1 aliphatic rings. The molecule has 0 saturated heterocycles. The Morgan fingerprint density at radius 1 is 1.39 bits per heavy atom. The number of ketones is 1. The summed E-state index contributed by atoms with van der Waals surface area (Å²) >= 11 is 11.9. The fourth-order valence-corrected chi connectivity index (χ4v) is 3.99. The van der Waals surface area contributed by atoms with Gasteiger partial charge in [0.05, 0.1) is 16.8 Å². The first-order valence-corrected chi connectivity index (χ1v) is 9.07. The highest BCUT2D eigenvalue weighted by atomic mass is 35.5. The minimum absolute atomic E-state index is 0.0410. The minimum Gasteiger partial charge on any atom is -0.291 e.